The summed E-state index contributed by atoms with van der Waals surface area (Å²) in [7, 11) is 1.81. The number of nitrogens with one attached hydrogen (secondary N) is 2. The Morgan fingerprint density at radius 1 is 1.36 bits per heavy atom. The van der Waals surface area contributed by atoms with Crippen molar-refractivity contribution >= 4 is 5.96 Å². The molecular weight excluding hydrogens is 315 g/mol. The van der Waals surface area contributed by atoms with E-state index in [9.17, 15) is 4.39 Å². The van der Waals surface area contributed by atoms with Crippen molar-refractivity contribution in [2.24, 2.45) is 4.99 Å². The molecule has 1 aromatic carbocycles. The van der Waals surface area contributed by atoms with Crippen molar-refractivity contribution in [3.8, 4) is 0 Å². The molecule has 2 aliphatic rings. The highest BCUT2D eigenvalue weighted by Gasteiger charge is 2.39. The van der Waals surface area contributed by atoms with Crippen LogP contribution < -0.4 is 10.6 Å². The lowest BCUT2D eigenvalue weighted by molar-refractivity contribution is 0.256. The first-order valence-corrected chi connectivity index (χ1v) is 9.38. The maximum Gasteiger partial charge on any atom is 0.191 e. The van der Waals surface area contributed by atoms with Crippen LogP contribution in [0.25, 0.3) is 0 Å². The molecule has 1 aliphatic carbocycles. The van der Waals surface area contributed by atoms with Crippen molar-refractivity contribution in [1.29, 1.82) is 0 Å². The Hall–Kier alpha value is -1.62. The number of hydrogen-bond acceptors (Lipinski definition) is 2. The van der Waals surface area contributed by atoms with Gasteiger partial charge >= 0.3 is 0 Å². The Labute approximate surface area is 150 Å². The molecule has 0 bridgehead atoms. The summed E-state index contributed by atoms with van der Waals surface area (Å²) in [6.07, 6.45) is 3.86. The standard InChI is InChI=1S/C20H31FN4/c1-14-10-17(12-25(14)18-8-9-18)24-19(22-4)23-13-20(2,3)15-6-5-7-16(21)11-15/h5-7,11,14,17-18H,8-10,12-13H2,1-4H3,(H2,22,23,24). The van der Waals surface area contributed by atoms with Gasteiger partial charge in [-0.05, 0) is 43.9 Å². The summed E-state index contributed by atoms with van der Waals surface area (Å²) >= 11 is 0. The van der Waals surface area contributed by atoms with E-state index in [1.54, 1.807) is 12.1 Å². The van der Waals surface area contributed by atoms with Gasteiger partial charge in [-0.2, -0.15) is 0 Å². The van der Waals surface area contributed by atoms with Gasteiger partial charge < -0.3 is 10.6 Å². The Bertz CT molecular complexity index is 624. The molecule has 2 N–H and O–H groups in total. The van der Waals surface area contributed by atoms with Crippen LogP contribution in [0.2, 0.25) is 0 Å². The van der Waals surface area contributed by atoms with Gasteiger partial charge in [-0.15, -0.1) is 0 Å². The number of guanidine groups is 1. The SMILES string of the molecule is CN=C(NCC(C)(C)c1cccc(F)c1)NC1CC(C)N(C2CC2)C1. The van der Waals surface area contributed by atoms with E-state index in [0.29, 0.717) is 18.6 Å². The van der Waals surface area contributed by atoms with Gasteiger partial charge in [0.1, 0.15) is 5.82 Å². The van der Waals surface area contributed by atoms with Crippen molar-refractivity contribution in [2.45, 2.75) is 63.6 Å². The van der Waals surface area contributed by atoms with E-state index < -0.39 is 0 Å². The molecule has 1 saturated heterocycles. The van der Waals surface area contributed by atoms with Gasteiger partial charge in [-0.1, -0.05) is 26.0 Å². The molecule has 2 atom stereocenters. The minimum absolute atomic E-state index is 0.178. The topological polar surface area (TPSA) is 39.7 Å². The van der Waals surface area contributed by atoms with Gasteiger partial charge in [0.2, 0.25) is 0 Å². The third kappa shape index (κ3) is 4.51. The predicted molar refractivity (Wildman–Crippen MR) is 102 cm³/mol. The van der Waals surface area contributed by atoms with Crippen LogP contribution in [-0.2, 0) is 5.41 Å². The molecule has 1 saturated carbocycles. The summed E-state index contributed by atoms with van der Waals surface area (Å²) in [4.78, 5) is 7.00. The second-order valence-electron chi connectivity index (χ2n) is 8.17. The summed E-state index contributed by atoms with van der Waals surface area (Å²) in [6.45, 7) is 8.36. The quantitative estimate of drug-likeness (QED) is 0.636. The van der Waals surface area contributed by atoms with Gasteiger partial charge in [0.25, 0.3) is 0 Å². The number of nitrogens with zero attached hydrogens (tertiary/aromatic N) is 2. The molecule has 2 unspecified atom stereocenters. The maximum absolute atomic E-state index is 13.5. The fourth-order valence-electron chi connectivity index (χ4n) is 3.78. The van der Waals surface area contributed by atoms with Crippen LogP contribution in [0.1, 0.15) is 45.6 Å². The van der Waals surface area contributed by atoms with Crippen LogP contribution in [-0.4, -0.2) is 49.1 Å². The molecule has 25 heavy (non-hydrogen) atoms. The number of hydrogen-bond donors (Lipinski definition) is 2. The Balaban J connectivity index is 1.54. The van der Waals surface area contributed by atoms with Gasteiger partial charge in [-0.3, -0.25) is 9.89 Å². The molecule has 5 heteroatoms. The molecule has 1 aliphatic heterocycles. The van der Waals surface area contributed by atoms with E-state index in [4.69, 9.17) is 0 Å². The third-order valence-electron chi connectivity index (χ3n) is 5.51. The third-order valence-corrected chi connectivity index (χ3v) is 5.51. The first-order chi connectivity index (χ1) is 11.9. The second kappa shape index (κ2) is 7.32. The number of likely N-dealkylation sites (tertiary alicyclic amines) is 1. The molecule has 0 amide bonds. The summed E-state index contributed by atoms with van der Waals surface area (Å²) < 4.78 is 13.5. The Kier molecular flexibility index (Phi) is 5.32. The van der Waals surface area contributed by atoms with E-state index in [0.717, 1.165) is 30.5 Å². The highest BCUT2D eigenvalue weighted by atomic mass is 19.1. The van der Waals surface area contributed by atoms with E-state index >= 15 is 0 Å². The number of benzene rings is 1. The summed E-state index contributed by atoms with van der Waals surface area (Å²) in [5.41, 5.74) is 0.813. The fraction of sp³-hybridized carbons (Fsp3) is 0.650. The van der Waals surface area contributed by atoms with Crippen molar-refractivity contribution in [3.63, 3.8) is 0 Å². The van der Waals surface area contributed by atoms with Crippen LogP contribution in [0.4, 0.5) is 4.39 Å². The average Bonchev–Trinajstić information content (AvgIpc) is 3.35. The first-order valence-electron chi connectivity index (χ1n) is 9.38. The van der Waals surface area contributed by atoms with Crippen LogP contribution in [0.5, 0.6) is 0 Å². The van der Waals surface area contributed by atoms with Gasteiger partial charge in [0.05, 0.1) is 0 Å². The van der Waals surface area contributed by atoms with Gasteiger partial charge in [-0.25, -0.2) is 4.39 Å². The highest BCUT2D eigenvalue weighted by Crippen LogP contribution is 2.33. The van der Waals surface area contributed by atoms with Crippen LogP contribution in [0.15, 0.2) is 29.3 Å². The average molecular weight is 346 g/mol. The zero-order valence-corrected chi connectivity index (χ0v) is 15.8. The minimum Gasteiger partial charge on any atom is -0.356 e. The van der Waals surface area contributed by atoms with E-state index in [1.165, 1.54) is 18.9 Å². The van der Waals surface area contributed by atoms with Crippen molar-refractivity contribution in [3.05, 3.63) is 35.6 Å². The van der Waals surface area contributed by atoms with Crippen molar-refractivity contribution in [2.75, 3.05) is 20.1 Å². The lowest BCUT2D eigenvalue weighted by Gasteiger charge is -2.27. The van der Waals surface area contributed by atoms with Gasteiger partial charge in [0.15, 0.2) is 5.96 Å². The molecule has 3 rings (SSSR count). The van der Waals surface area contributed by atoms with Crippen LogP contribution in [0.3, 0.4) is 0 Å². The van der Waals surface area contributed by atoms with Crippen molar-refractivity contribution in [1.82, 2.24) is 15.5 Å². The lowest BCUT2D eigenvalue weighted by atomic mass is 9.84. The van der Waals surface area contributed by atoms with E-state index in [1.807, 2.05) is 13.1 Å². The van der Waals surface area contributed by atoms with E-state index in [-0.39, 0.29) is 11.2 Å². The van der Waals surface area contributed by atoms with Crippen molar-refractivity contribution < 1.29 is 4.39 Å². The molecule has 138 valence electrons. The summed E-state index contributed by atoms with van der Waals surface area (Å²) in [6, 6.07) is 8.75. The maximum atomic E-state index is 13.5. The minimum atomic E-state index is -0.187. The Morgan fingerprint density at radius 2 is 2.12 bits per heavy atom. The number of aliphatic imine (C=N–C) groups is 1. The second-order valence-corrected chi connectivity index (χ2v) is 8.17. The molecule has 0 spiro atoms. The number of rotatable bonds is 5. The molecule has 0 aromatic heterocycles. The Morgan fingerprint density at radius 3 is 2.76 bits per heavy atom. The monoisotopic (exact) mass is 346 g/mol. The fourth-order valence-corrected chi connectivity index (χ4v) is 3.78. The molecule has 1 heterocycles. The van der Waals surface area contributed by atoms with E-state index in [2.05, 4.69) is 41.3 Å². The summed E-state index contributed by atoms with van der Waals surface area (Å²) in [5.74, 6) is 0.646. The number of halogens is 1. The highest BCUT2D eigenvalue weighted by molar-refractivity contribution is 5.80. The molecule has 1 aromatic rings. The van der Waals surface area contributed by atoms with Gasteiger partial charge in [0, 0.05) is 43.7 Å². The normalized spacial score (nSPS) is 25.2. The van der Waals surface area contributed by atoms with Crippen LogP contribution in [0, 0.1) is 5.82 Å². The smallest absolute Gasteiger partial charge is 0.191 e. The largest absolute Gasteiger partial charge is 0.356 e. The molecule has 0 radical (unpaired) electrons. The lowest BCUT2D eigenvalue weighted by Crippen LogP contribution is -2.48. The molecule has 2 fully saturated rings. The zero-order valence-electron chi connectivity index (χ0n) is 15.8. The summed E-state index contributed by atoms with van der Waals surface area (Å²) in [5, 5.41) is 6.99. The van der Waals surface area contributed by atoms with Crippen LogP contribution >= 0.6 is 0 Å². The predicted octanol–water partition coefficient (Wildman–Crippen LogP) is 2.89. The molecular formula is C20H31FN4. The first kappa shape index (κ1) is 18.2. The molecule has 4 nitrogen and oxygen atoms in total. The zero-order chi connectivity index (χ0) is 18.0.